The molecule has 3 rings (SSSR count). The van der Waals surface area contributed by atoms with E-state index in [2.05, 4.69) is 23.2 Å². The van der Waals surface area contributed by atoms with Crippen LogP contribution in [-0.4, -0.2) is 24.2 Å². The molecule has 0 aliphatic heterocycles. The van der Waals surface area contributed by atoms with Crippen LogP contribution in [0.5, 0.6) is 0 Å². The third kappa shape index (κ3) is 4.30. The summed E-state index contributed by atoms with van der Waals surface area (Å²) in [5.41, 5.74) is 3.02. The molecule has 1 aromatic heterocycles. The average Bonchev–Trinajstić information content (AvgIpc) is 2.95. The van der Waals surface area contributed by atoms with Gasteiger partial charge in [-0.3, -0.25) is 4.79 Å². The third-order valence-electron chi connectivity index (χ3n) is 3.87. The summed E-state index contributed by atoms with van der Waals surface area (Å²) in [5.74, 6) is -0.320. The minimum absolute atomic E-state index is 0.320. The van der Waals surface area contributed by atoms with Crippen LogP contribution in [0.15, 0.2) is 53.5 Å². The van der Waals surface area contributed by atoms with Crippen molar-refractivity contribution in [2.45, 2.75) is 13.5 Å². The van der Waals surface area contributed by atoms with Crippen molar-refractivity contribution in [3.8, 4) is 0 Å². The number of carbonyl (C=O) groups excluding carboxylic acids is 1. The molecule has 0 saturated carbocycles. The fourth-order valence-corrected chi connectivity index (χ4v) is 3.93. The maximum absolute atomic E-state index is 12.3. The number of halogens is 1. The van der Waals surface area contributed by atoms with Crippen molar-refractivity contribution in [1.29, 1.82) is 0 Å². The van der Waals surface area contributed by atoms with Crippen molar-refractivity contribution < 1.29 is 9.53 Å². The van der Waals surface area contributed by atoms with Gasteiger partial charge >= 0.3 is 0 Å². The molecule has 6 heteroatoms. The van der Waals surface area contributed by atoms with Crippen LogP contribution in [0.3, 0.4) is 0 Å². The quantitative estimate of drug-likeness (QED) is 0.608. The molecule has 0 radical (unpaired) electrons. The highest BCUT2D eigenvalue weighted by Crippen LogP contribution is 2.19. The number of aromatic nitrogens is 1. The van der Waals surface area contributed by atoms with E-state index in [1.807, 2.05) is 29.7 Å². The molecule has 0 atom stereocenters. The summed E-state index contributed by atoms with van der Waals surface area (Å²) in [5, 5.41) is 0.601. The van der Waals surface area contributed by atoms with Gasteiger partial charge in [-0.25, -0.2) is 0 Å². The fraction of sp³-hybridized carbons (Fsp3) is 0.200. The summed E-state index contributed by atoms with van der Waals surface area (Å²) in [6.07, 6.45) is 3.13. The second-order valence-corrected chi connectivity index (χ2v) is 7.22. The first-order chi connectivity index (χ1) is 12.6. The van der Waals surface area contributed by atoms with Gasteiger partial charge in [0.1, 0.15) is 0 Å². The number of hydrogen-bond donors (Lipinski definition) is 0. The van der Waals surface area contributed by atoms with E-state index in [-0.39, 0.29) is 5.91 Å². The normalized spacial score (nSPS) is 12.3. The van der Waals surface area contributed by atoms with Gasteiger partial charge in [0.2, 0.25) is 0 Å². The Balaban J connectivity index is 1.97. The summed E-state index contributed by atoms with van der Waals surface area (Å²) >= 11 is 7.61. The Morgan fingerprint density at radius 3 is 2.88 bits per heavy atom. The zero-order valence-corrected chi connectivity index (χ0v) is 16.2. The highest BCUT2D eigenvalue weighted by atomic mass is 35.5. The van der Waals surface area contributed by atoms with Crippen molar-refractivity contribution in [1.82, 2.24) is 4.57 Å². The molecule has 26 heavy (non-hydrogen) atoms. The zero-order chi connectivity index (χ0) is 18.5. The van der Waals surface area contributed by atoms with Gasteiger partial charge in [0.05, 0.1) is 16.8 Å². The number of nitrogens with zero attached hydrogens (tertiary/aromatic N) is 2. The number of ether oxygens (including phenoxy) is 1. The standard InChI is InChI=1S/C20H19ClN2O2S/c1-14-7-9-17-18(13-14)26-20(23(17)11-12-25-2)22-19(24)10-8-15-5-3-4-6-16(15)21/h3-10,13H,11-12H2,1-2H3/b10-8+,22-20?. The number of methoxy groups -OCH3 is 1. The van der Waals surface area contributed by atoms with E-state index in [0.29, 0.717) is 23.0 Å². The maximum atomic E-state index is 12.3. The first-order valence-corrected chi connectivity index (χ1v) is 9.38. The van der Waals surface area contributed by atoms with Crippen LogP contribution in [0.4, 0.5) is 0 Å². The Morgan fingerprint density at radius 2 is 2.12 bits per heavy atom. The molecule has 0 fully saturated rings. The van der Waals surface area contributed by atoms with Crippen molar-refractivity contribution >= 4 is 45.1 Å². The first kappa shape index (κ1) is 18.6. The van der Waals surface area contributed by atoms with Crippen LogP contribution in [0.2, 0.25) is 5.02 Å². The molecule has 3 aromatic rings. The molecule has 4 nitrogen and oxygen atoms in total. The van der Waals surface area contributed by atoms with Gasteiger partial charge in [0.25, 0.3) is 5.91 Å². The highest BCUT2D eigenvalue weighted by molar-refractivity contribution is 7.16. The average molecular weight is 387 g/mol. The number of amides is 1. The Labute approximate surface area is 161 Å². The van der Waals surface area contributed by atoms with Crippen LogP contribution in [0.25, 0.3) is 16.3 Å². The molecule has 0 saturated heterocycles. The number of benzene rings is 2. The monoisotopic (exact) mass is 386 g/mol. The molecule has 2 aromatic carbocycles. The largest absolute Gasteiger partial charge is 0.383 e. The number of fused-ring (bicyclic) bond motifs is 1. The highest BCUT2D eigenvalue weighted by Gasteiger charge is 2.07. The predicted octanol–water partition coefficient (Wildman–Crippen LogP) is 4.45. The van der Waals surface area contributed by atoms with E-state index in [0.717, 1.165) is 15.8 Å². The Bertz CT molecular complexity index is 1030. The fourth-order valence-electron chi connectivity index (χ4n) is 2.57. The zero-order valence-electron chi connectivity index (χ0n) is 14.6. The van der Waals surface area contributed by atoms with Crippen molar-refractivity contribution in [2.75, 3.05) is 13.7 Å². The van der Waals surface area contributed by atoms with E-state index in [4.69, 9.17) is 16.3 Å². The molecule has 0 N–H and O–H groups in total. The second kappa shape index (κ2) is 8.45. The molecule has 0 bridgehead atoms. The lowest BCUT2D eigenvalue weighted by Crippen LogP contribution is -2.18. The van der Waals surface area contributed by atoms with Gasteiger partial charge in [-0.15, -0.1) is 0 Å². The minimum atomic E-state index is -0.320. The smallest absolute Gasteiger partial charge is 0.272 e. The summed E-state index contributed by atoms with van der Waals surface area (Å²) < 4.78 is 8.31. The van der Waals surface area contributed by atoms with Crippen molar-refractivity contribution in [3.63, 3.8) is 0 Å². The number of thiazole rings is 1. The van der Waals surface area contributed by atoms with Crippen LogP contribution in [0, 0.1) is 6.92 Å². The van der Waals surface area contributed by atoms with E-state index in [1.54, 1.807) is 19.3 Å². The molecule has 1 heterocycles. The summed E-state index contributed by atoms with van der Waals surface area (Å²) in [4.78, 5) is 17.3. The molecule has 0 aliphatic rings. The third-order valence-corrected chi connectivity index (χ3v) is 5.26. The van der Waals surface area contributed by atoms with E-state index in [1.165, 1.54) is 23.0 Å². The van der Waals surface area contributed by atoms with Crippen molar-refractivity contribution in [3.05, 3.63) is 69.5 Å². The van der Waals surface area contributed by atoms with E-state index < -0.39 is 0 Å². The first-order valence-electron chi connectivity index (χ1n) is 8.19. The van der Waals surface area contributed by atoms with Gasteiger partial charge in [0.15, 0.2) is 4.80 Å². The van der Waals surface area contributed by atoms with Crippen LogP contribution in [0.1, 0.15) is 11.1 Å². The maximum Gasteiger partial charge on any atom is 0.272 e. The molecule has 134 valence electrons. The number of rotatable bonds is 5. The van der Waals surface area contributed by atoms with E-state index >= 15 is 0 Å². The Morgan fingerprint density at radius 1 is 1.31 bits per heavy atom. The van der Waals surface area contributed by atoms with Crippen LogP contribution in [-0.2, 0) is 16.1 Å². The number of aryl methyl sites for hydroxylation is 1. The van der Waals surface area contributed by atoms with E-state index in [9.17, 15) is 4.79 Å². The lowest BCUT2D eigenvalue weighted by atomic mass is 10.2. The Hall–Kier alpha value is -2.21. The number of carbonyl (C=O) groups is 1. The summed E-state index contributed by atoms with van der Waals surface area (Å²) in [7, 11) is 1.66. The minimum Gasteiger partial charge on any atom is -0.383 e. The Kier molecular flexibility index (Phi) is 6.04. The van der Waals surface area contributed by atoms with Gasteiger partial charge in [-0.2, -0.15) is 4.99 Å². The molecule has 0 unspecified atom stereocenters. The molecule has 0 aliphatic carbocycles. The van der Waals surface area contributed by atoms with Gasteiger partial charge in [0, 0.05) is 24.8 Å². The summed E-state index contributed by atoms with van der Waals surface area (Å²) in [6.45, 7) is 3.24. The van der Waals surface area contributed by atoms with Crippen LogP contribution >= 0.6 is 22.9 Å². The lowest BCUT2D eigenvalue weighted by molar-refractivity contribution is -0.113. The molecule has 0 spiro atoms. The molecule has 1 amide bonds. The summed E-state index contributed by atoms with van der Waals surface area (Å²) in [6, 6.07) is 13.6. The topological polar surface area (TPSA) is 43.6 Å². The van der Waals surface area contributed by atoms with Gasteiger partial charge < -0.3 is 9.30 Å². The lowest BCUT2D eigenvalue weighted by Gasteiger charge is -2.04. The van der Waals surface area contributed by atoms with Crippen LogP contribution < -0.4 is 4.80 Å². The van der Waals surface area contributed by atoms with Gasteiger partial charge in [-0.05, 0) is 42.3 Å². The van der Waals surface area contributed by atoms with Crippen molar-refractivity contribution in [2.24, 2.45) is 4.99 Å². The SMILES string of the molecule is COCCn1c(=NC(=O)/C=C/c2ccccc2Cl)sc2cc(C)ccc21. The number of hydrogen-bond acceptors (Lipinski definition) is 3. The van der Waals surface area contributed by atoms with Gasteiger partial charge in [-0.1, -0.05) is 47.2 Å². The molecular weight excluding hydrogens is 368 g/mol. The second-order valence-electron chi connectivity index (χ2n) is 5.81. The molecular formula is C20H19ClN2O2S. The predicted molar refractivity (Wildman–Crippen MR) is 107 cm³/mol.